The van der Waals surface area contributed by atoms with Crippen LogP contribution in [0.4, 0.5) is 9.59 Å². The van der Waals surface area contributed by atoms with Crippen molar-refractivity contribution in [1.82, 2.24) is 20.9 Å². The average molecular weight is 370 g/mol. The second-order valence-electron chi connectivity index (χ2n) is 7.79. The lowest BCUT2D eigenvalue weighted by molar-refractivity contribution is -0.131. The van der Waals surface area contributed by atoms with E-state index in [1.54, 1.807) is 0 Å². The zero-order chi connectivity index (χ0) is 18.9. The van der Waals surface area contributed by atoms with Crippen molar-refractivity contribution in [3.63, 3.8) is 0 Å². The summed E-state index contributed by atoms with van der Waals surface area (Å²) in [5.74, 6) is 0.295. The lowest BCUT2D eigenvalue weighted by atomic mass is 9.98. The van der Waals surface area contributed by atoms with E-state index >= 15 is 0 Å². The number of urea groups is 2. The first kappa shape index (κ1) is 17.8. The molecule has 0 unspecified atom stereocenters. The molecule has 0 radical (unpaired) electrons. The summed E-state index contributed by atoms with van der Waals surface area (Å²) in [7, 11) is 0. The van der Waals surface area contributed by atoms with Gasteiger partial charge in [0.1, 0.15) is 5.54 Å². The Morgan fingerprint density at radius 2 is 1.93 bits per heavy atom. The zero-order valence-corrected chi connectivity index (χ0v) is 15.4. The summed E-state index contributed by atoms with van der Waals surface area (Å²) in [5.41, 5.74) is 0.600. The maximum absolute atomic E-state index is 12.5. The third-order valence-electron chi connectivity index (χ3n) is 5.88. The van der Waals surface area contributed by atoms with Gasteiger partial charge in [-0.3, -0.25) is 9.69 Å². The molecule has 27 heavy (non-hydrogen) atoms. The molecule has 5 amide bonds. The fourth-order valence-corrected chi connectivity index (χ4v) is 4.28. The summed E-state index contributed by atoms with van der Waals surface area (Å²) in [6.45, 7) is 0.765. The van der Waals surface area contributed by atoms with E-state index in [9.17, 15) is 14.4 Å². The van der Waals surface area contributed by atoms with Crippen molar-refractivity contribution in [3.05, 3.63) is 35.9 Å². The minimum atomic E-state index is -0.652. The van der Waals surface area contributed by atoms with Crippen LogP contribution in [0.15, 0.2) is 30.3 Å². The van der Waals surface area contributed by atoms with Gasteiger partial charge in [0.05, 0.1) is 0 Å². The summed E-state index contributed by atoms with van der Waals surface area (Å²) >= 11 is 0. The normalized spacial score (nSPS) is 25.6. The van der Waals surface area contributed by atoms with Gasteiger partial charge in [-0.2, -0.15) is 0 Å². The van der Waals surface area contributed by atoms with Crippen LogP contribution < -0.4 is 16.0 Å². The number of imide groups is 1. The van der Waals surface area contributed by atoms with Crippen molar-refractivity contribution in [2.24, 2.45) is 0 Å². The van der Waals surface area contributed by atoms with Crippen molar-refractivity contribution < 1.29 is 14.4 Å². The highest BCUT2D eigenvalue weighted by Gasteiger charge is 2.52. The molecule has 2 atom stereocenters. The van der Waals surface area contributed by atoms with Gasteiger partial charge in [-0.25, -0.2) is 9.59 Å². The summed E-state index contributed by atoms with van der Waals surface area (Å²) in [6.07, 6.45) is 4.94. The van der Waals surface area contributed by atoms with Crippen LogP contribution in [0.2, 0.25) is 0 Å². The SMILES string of the molecule is O=C(NCCCN1C(=O)NC2(CCCC2)C1=O)N[C@H]1C[C@@H]1c1ccccc1. The van der Waals surface area contributed by atoms with Gasteiger partial charge in [0.25, 0.3) is 5.91 Å². The van der Waals surface area contributed by atoms with Crippen molar-refractivity contribution in [2.75, 3.05) is 13.1 Å². The van der Waals surface area contributed by atoms with Crippen LogP contribution in [-0.2, 0) is 4.79 Å². The van der Waals surface area contributed by atoms with Gasteiger partial charge in [0, 0.05) is 25.0 Å². The summed E-state index contributed by atoms with van der Waals surface area (Å²) in [4.78, 5) is 37.9. The summed E-state index contributed by atoms with van der Waals surface area (Å²) in [5, 5.41) is 8.67. The van der Waals surface area contributed by atoms with E-state index in [1.165, 1.54) is 10.5 Å². The molecular weight excluding hydrogens is 344 g/mol. The highest BCUT2D eigenvalue weighted by molar-refractivity contribution is 6.07. The maximum atomic E-state index is 12.5. The number of nitrogens with one attached hydrogen (secondary N) is 3. The van der Waals surface area contributed by atoms with E-state index < -0.39 is 5.54 Å². The van der Waals surface area contributed by atoms with Gasteiger partial charge in [0.15, 0.2) is 0 Å². The zero-order valence-electron chi connectivity index (χ0n) is 15.4. The number of nitrogens with zero attached hydrogens (tertiary/aromatic N) is 1. The molecule has 1 aromatic carbocycles. The predicted molar refractivity (Wildman–Crippen MR) is 100 cm³/mol. The van der Waals surface area contributed by atoms with Gasteiger partial charge in [0.2, 0.25) is 0 Å². The molecule has 3 N–H and O–H groups in total. The molecule has 1 saturated heterocycles. The van der Waals surface area contributed by atoms with Crippen LogP contribution in [0.3, 0.4) is 0 Å². The van der Waals surface area contributed by atoms with E-state index in [1.807, 2.05) is 18.2 Å². The van der Waals surface area contributed by atoms with Gasteiger partial charge in [-0.15, -0.1) is 0 Å². The smallest absolute Gasteiger partial charge is 0.325 e. The molecule has 3 fully saturated rings. The molecule has 7 nitrogen and oxygen atoms in total. The molecule has 7 heteroatoms. The maximum Gasteiger partial charge on any atom is 0.325 e. The Balaban J connectivity index is 1.16. The van der Waals surface area contributed by atoms with Gasteiger partial charge >= 0.3 is 12.1 Å². The second-order valence-corrected chi connectivity index (χ2v) is 7.79. The lowest BCUT2D eigenvalue weighted by Gasteiger charge is -2.20. The van der Waals surface area contributed by atoms with Crippen LogP contribution in [0, 0.1) is 0 Å². The molecule has 1 aliphatic heterocycles. The topological polar surface area (TPSA) is 90.5 Å². The summed E-state index contributed by atoms with van der Waals surface area (Å²) in [6, 6.07) is 9.87. The fourth-order valence-electron chi connectivity index (χ4n) is 4.28. The molecule has 0 aromatic heterocycles. The molecule has 1 heterocycles. The number of benzene rings is 1. The second kappa shape index (κ2) is 7.21. The number of amides is 5. The fraction of sp³-hybridized carbons (Fsp3) is 0.550. The van der Waals surface area contributed by atoms with Gasteiger partial charge in [-0.05, 0) is 31.2 Å². The minimum Gasteiger partial charge on any atom is -0.338 e. The highest BCUT2D eigenvalue weighted by Crippen LogP contribution is 2.40. The van der Waals surface area contributed by atoms with Crippen LogP contribution in [0.1, 0.15) is 50.0 Å². The number of rotatable bonds is 6. The van der Waals surface area contributed by atoms with Crippen LogP contribution in [0.25, 0.3) is 0 Å². The quantitative estimate of drug-likeness (QED) is 0.529. The van der Waals surface area contributed by atoms with E-state index in [2.05, 4.69) is 28.1 Å². The Kier molecular flexibility index (Phi) is 4.76. The molecule has 4 rings (SSSR count). The van der Waals surface area contributed by atoms with E-state index in [4.69, 9.17) is 0 Å². The number of hydrogen-bond donors (Lipinski definition) is 3. The molecule has 3 aliphatic rings. The highest BCUT2D eigenvalue weighted by atomic mass is 16.2. The van der Waals surface area contributed by atoms with Crippen LogP contribution >= 0.6 is 0 Å². The average Bonchev–Trinajstić information content (AvgIpc) is 3.19. The third kappa shape index (κ3) is 3.63. The Bertz CT molecular complexity index is 730. The third-order valence-corrected chi connectivity index (χ3v) is 5.88. The number of carbonyl (C=O) groups excluding carboxylic acids is 3. The van der Waals surface area contributed by atoms with Crippen LogP contribution in [-0.4, -0.2) is 47.5 Å². The number of hydrogen-bond acceptors (Lipinski definition) is 3. The van der Waals surface area contributed by atoms with Crippen molar-refractivity contribution in [1.29, 1.82) is 0 Å². The van der Waals surface area contributed by atoms with E-state index in [-0.39, 0.29) is 24.0 Å². The Morgan fingerprint density at radius 1 is 1.19 bits per heavy atom. The summed E-state index contributed by atoms with van der Waals surface area (Å²) < 4.78 is 0. The van der Waals surface area contributed by atoms with Crippen molar-refractivity contribution in [2.45, 2.75) is 56.0 Å². The van der Waals surface area contributed by atoms with Crippen LogP contribution in [0.5, 0.6) is 0 Å². The monoisotopic (exact) mass is 370 g/mol. The number of carbonyl (C=O) groups is 3. The first-order valence-electron chi connectivity index (χ1n) is 9.82. The standard InChI is InChI=1S/C20H26N4O3/c25-17-20(9-4-5-10-20)23-19(27)24(17)12-6-11-21-18(26)22-16-13-15(16)14-7-2-1-3-8-14/h1-3,7-8,15-16H,4-6,9-13H2,(H,23,27)(H2,21,22,26)/t15-,16+/m1/s1. The first-order chi connectivity index (χ1) is 13.1. The molecule has 2 aliphatic carbocycles. The minimum absolute atomic E-state index is 0.0989. The van der Waals surface area contributed by atoms with Crippen molar-refractivity contribution in [3.8, 4) is 0 Å². The molecule has 0 bridgehead atoms. The van der Waals surface area contributed by atoms with E-state index in [0.29, 0.717) is 25.4 Å². The van der Waals surface area contributed by atoms with Gasteiger partial charge < -0.3 is 16.0 Å². The first-order valence-corrected chi connectivity index (χ1v) is 9.82. The van der Waals surface area contributed by atoms with E-state index in [0.717, 1.165) is 32.1 Å². The Morgan fingerprint density at radius 3 is 2.67 bits per heavy atom. The molecule has 2 saturated carbocycles. The molecule has 1 aromatic rings. The lowest BCUT2D eigenvalue weighted by Crippen LogP contribution is -2.44. The predicted octanol–water partition coefficient (Wildman–Crippen LogP) is 2.10. The Labute approximate surface area is 158 Å². The molecule has 144 valence electrons. The largest absolute Gasteiger partial charge is 0.338 e. The molecule has 1 spiro atoms. The van der Waals surface area contributed by atoms with Gasteiger partial charge in [-0.1, -0.05) is 43.2 Å². The molecular formula is C20H26N4O3. The van der Waals surface area contributed by atoms with Crippen molar-refractivity contribution >= 4 is 18.0 Å². The Hall–Kier alpha value is -2.57.